The van der Waals surface area contributed by atoms with Crippen molar-refractivity contribution in [3.05, 3.63) is 30.3 Å². The first-order valence-corrected chi connectivity index (χ1v) is 8.67. The normalized spacial score (nSPS) is 25.4. The highest BCUT2D eigenvalue weighted by molar-refractivity contribution is 5.77. The Morgan fingerprint density at radius 3 is 2.35 bits per heavy atom. The first-order chi connectivity index (χ1) is 11.2. The minimum Gasteiger partial charge on any atom is -0.368 e. The maximum absolute atomic E-state index is 12.3. The molecule has 2 aliphatic rings. The van der Waals surface area contributed by atoms with E-state index in [-0.39, 0.29) is 18.6 Å². The predicted octanol–water partition coefficient (Wildman–Crippen LogP) is 1.62. The molecular formula is C18H27N3O2. The zero-order chi connectivity index (χ0) is 16.1. The van der Waals surface area contributed by atoms with Crippen molar-refractivity contribution in [2.45, 2.75) is 37.8 Å². The Hall–Kier alpha value is -1.59. The molecule has 2 N–H and O–H groups in total. The van der Waals surface area contributed by atoms with Crippen molar-refractivity contribution in [2.75, 3.05) is 37.7 Å². The Morgan fingerprint density at radius 2 is 1.70 bits per heavy atom. The second kappa shape index (κ2) is 7.79. The summed E-state index contributed by atoms with van der Waals surface area (Å²) < 4.78 is 5.80. The Bertz CT molecular complexity index is 492. The van der Waals surface area contributed by atoms with Gasteiger partial charge in [0, 0.05) is 37.9 Å². The molecule has 2 fully saturated rings. The van der Waals surface area contributed by atoms with Gasteiger partial charge in [-0.3, -0.25) is 4.79 Å². The lowest BCUT2D eigenvalue weighted by Gasteiger charge is -2.36. The van der Waals surface area contributed by atoms with E-state index in [0.717, 1.165) is 51.9 Å². The number of benzene rings is 1. The van der Waals surface area contributed by atoms with Crippen molar-refractivity contribution < 1.29 is 9.53 Å². The molecule has 126 valence electrons. The third-order valence-electron chi connectivity index (χ3n) is 4.92. The number of hydrogen-bond acceptors (Lipinski definition) is 4. The van der Waals surface area contributed by atoms with E-state index in [1.807, 2.05) is 11.0 Å². The van der Waals surface area contributed by atoms with Crippen molar-refractivity contribution in [1.29, 1.82) is 0 Å². The molecule has 0 radical (unpaired) electrons. The lowest BCUT2D eigenvalue weighted by molar-refractivity contribution is -0.139. The van der Waals surface area contributed by atoms with Gasteiger partial charge >= 0.3 is 0 Å². The van der Waals surface area contributed by atoms with Crippen LogP contribution in [0.3, 0.4) is 0 Å². The van der Waals surface area contributed by atoms with Crippen LogP contribution >= 0.6 is 0 Å². The van der Waals surface area contributed by atoms with Crippen molar-refractivity contribution in [1.82, 2.24) is 4.90 Å². The van der Waals surface area contributed by atoms with Crippen LogP contribution in [-0.2, 0) is 9.53 Å². The minimum absolute atomic E-state index is 0.118. The summed E-state index contributed by atoms with van der Waals surface area (Å²) >= 11 is 0. The SMILES string of the molecule is NC1CCC(OCC(=O)N2CCN(c3ccccc3)CC2)CC1. The Kier molecular flexibility index (Phi) is 5.51. The molecule has 23 heavy (non-hydrogen) atoms. The number of hydrogen-bond donors (Lipinski definition) is 1. The molecule has 0 unspecified atom stereocenters. The highest BCUT2D eigenvalue weighted by Gasteiger charge is 2.24. The maximum Gasteiger partial charge on any atom is 0.248 e. The standard InChI is InChI=1S/C18H27N3O2/c19-15-6-8-17(9-7-15)23-14-18(22)21-12-10-20(11-13-21)16-4-2-1-3-5-16/h1-5,15,17H,6-14,19H2. The van der Waals surface area contributed by atoms with Gasteiger partial charge in [-0.25, -0.2) is 0 Å². The molecule has 0 atom stereocenters. The number of carbonyl (C=O) groups excluding carboxylic acids is 1. The Balaban J connectivity index is 1.40. The molecule has 0 bridgehead atoms. The van der Waals surface area contributed by atoms with Crippen LogP contribution in [0, 0.1) is 0 Å². The minimum atomic E-state index is 0.118. The van der Waals surface area contributed by atoms with Crippen LogP contribution in [0.1, 0.15) is 25.7 Å². The summed E-state index contributed by atoms with van der Waals surface area (Å²) in [5.41, 5.74) is 7.13. The summed E-state index contributed by atoms with van der Waals surface area (Å²) in [5.74, 6) is 0.118. The Morgan fingerprint density at radius 1 is 1.04 bits per heavy atom. The summed E-state index contributed by atoms with van der Waals surface area (Å²) in [4.78, 5) is 16.6. The number of amides is 1. The summed E-state index contributed by atoms with van der Waals surface area (Å²) in [6, 6.07) is 10.7. The van der Waals surface area contributed by atoms with E-state index in [0.29, 0.717) is 6.04 Å². The topological polar surface area (TPSA) is 58.8 Å². The predicted molar refractivity (Wildman–Crippen MR) is 91.4 cm³/mol. The van der Waals surface area contributed by atoms with Gasteiger partial charge in [0.25, 0.3) is 0 Å². The van der Waals surface area contributed by atoms with Crippen LogP contribution < -0.4 is 10.6 Å². The van der Waals surface area contributed by atoms with Crippen LogP contribution in [0.2, 0.25) is 0 Å². The molecule has 1 aliphatic heterocycles. The molecule has 3 rings (SSSR count). The van der Waals surface area contributed by atoms with Crippen LogP contribution in [-0.4, -0.2) is 55.7 Å². The van der Waals surface area contributed by atoms with Crippen LogP contribution in [0.5, 0.6) is 0 Å². The third kappa shape index (κ3) is 4.45. The van der Waals surface area contributed by atoms with Crippen molar-refractivity contribution in [3.8, 4) is 0 Å². The van der Waals surface area contributed by atoms with Gasteiger partial charge < -0.3 is 20.3 Å². The maximum atomic E-state index is 12.3. The summed E-state index contributed by atoms with van der Waals surface area (Å²) in [5, 5.41) is 0. The fourth-order valence-electron chi connectivity index (χ4n) is 3.39. The smallest absolute Gasteiger partial charge is 0.248 e. The van der Waals surface area contributed by atoms with E-state index in [4.69, 9.17) is 10.5 Å². The van der Waals surface area contributed by atoms with Crippen LogP contribution in [0.15, 0.2) is 30.3 Å². The number of nitrogens with two attached hydrogens (primary N) is 1. The van der Waals surface area contributed by atoms with Crippen molar-refractivity contribution in [2.24, 2.45) is 5.73 Å². The van der Waals surface area contributed by atoms with Gasteiger partial charge in [-0.15, -0.1) is 0 Å². The van der Waals surface area contributed by atoms with E-state index in [1.54, 1.807) is 0 Å². The van der Waals surface area contributed by atoms with Crippen LogP contribution in [0.25, 0.3) is 0 Å². The zero-order valence-corrected chi connectivity index (χ0v) is 13.7. The largest absolute Gasteiger partial charge is 0.368 e. The molecular weight excluding hydrogens is 290 g/mol. The lowest BCUT2D eigenvalue weighted by Crippen LogP contribution is -2.50. The molecule has 1 aromatic carbocycles. The molecule has 1 saturated heterocycles. The first-order valence-electron chi connectivity index (χ1n) is 8.67. The summed E-state index contributed by atoms with van der Waals surface area (Å²) in [6.07, 6.45) is 4.19. The molecule has 5 nitrogen and oxygen atoms in total. The molecule has 1 aliphatic carbocycles. The fourth-order valence-corrected chi connectivity index (χ4v) is 3.39. The molecule has 0 aromatic heterocycles. The number of para-hydroxylation sites is 1. The van der Waals surface area contributed by atoms with Gasteiger partial charge in [0.1, 0.15) is 6.61 Å². The number of piperazine rings is 1. The molecule has 1 aromatic rings. The second-order valence-electron chi connectivity index (χ2n) is 6.55. The summed E-state index contributed by atoms with van der Waals surface area (Å²) in [7, 11) is 0. The average Bonchev–Trinajstić information content (AvgIpc) is 2.62. The average molecular weight is 317 g/mol. The van der Waals surface area contributed by atoms with Crippen LogP contribution in [0.4, 0.5) is 5.69 Å². The van der Waals surface area contributed by atoms with Gasteiger partial charge in [0.05, 0.1) is 6.10 Å². The fraction of sp³-hybridized carbons (Fsp3) is 0.611. The molecule has 5 heteroatoms. The number of anilines is 1. The number of carbonyl (C=O) groups is 1. The van der Waals surface area contributed by atoms with Gasteiger partial charge in [-0.1, -0.05) is 18.2 Å². The summed E-state index contributed by atoms with van der Waals surface area (Å²) in [6.45, 7) is 3.52. The monoisotopic (exact) mass is 317 g/mol. The highest BCUT2D eigenvalue weighted by atomic mass is 16.5. The molecule has 1 saturated carbocycles. The highest BCUT2D eigenvalue weighted by Crippen LogP contribution is 2.20. The van der Waals surface area contributed by atoms with Gasteiger partial charge in [-0.2, -0.15) is 0 Å². The second-order valence-corrected chi connectivity index (χ2v) is 6.55. The molecule has 0 spiro atoms. The number of nitrogens with zero attached hydrogens (tertiary/aromatic N) is 2. The Labute approximate surface area is 138 Å². The van der Waals surface area contributed by atoms with Crippen molar-refractivity contribution in [3.63, 3.8) is 0 Å². The lowest BCUT2D eigenvalue weighted by atomic mass is 9.94. The van der Waals surface area contributed by atoms with E-state index in [9.17, 15) is 4.79 Å². The number of rotatable bonds is 4. The van der Waals surface area contributed by atoms with Crippen molar-refractivity contribution >= 4 is 11.6 Å². The molecule has 1 heterocycles. The van der Waals surface area contributed by atoms with Gasteiger partial charge in [0.2, 0.25) is 5.91 Å². The quantitative estimate of drug-likeness (QED) is 0.917. The van der Waals surface area contributed by atoms with E-state index >= 15 is 0 Å². The van der Waals surface area contributed by atoms with E-state index < -0.39 is 0 Å². The number of ether oxygens (including phenoxy) is 1. The van der Waals surface area contributed by atoms with Gasteiger partial charge in [0.15, 0.2) is 0 Å². The third-order valence-corrected chi connectivity index (χ3v) is 4.92. The van der Waals surface area contributed by atoms with E-state index in [1.165, 1.54) is 5.69 Å². The first kappa shape index (κ1) is 16.3. The zero-order valence-electron chi connectivity index (χ0n) is 13.7. The van der Waals surface area contributed by atoms with Gasteiger partial charge in [-0.05, 0) is 37.8 Å². The van der Waals surface area contributed by atoms with E-state index in [2.05, 4.69) is 29.2 Å². The molecule has 1 amide bonds.